The largest absolute Gasteiger partial charge is 0.339 e. The number of carbonyl (C=O) groups excluding carboxylic acids is 1. The van der Waals surface area contributed by atoms with Crippen LogP contribution < -0.4 is 5.32 Å². The molecule has 0 radical (unpaired) electrons. The average molecular weight is 238 g/mol. The third-order valence-corrected chi connectivity index (χ3v) is 2.01. The third-order valence-electron chi connectivity index (χ3n) is 1.91. The molecule has 0 spiro atoms. The molecule has 1 amide bonds. The second-order valence-electron chi connectivity index (χ2n) is 3.11. The molecule has 0 unspecified atom stereocenters. The standard InChI is InChI=1S/C10H8ClN3O2/c1-6-12-9(14-16-6)7-2-4-8(5-3-7)13-10(11)15/h2-5H,1H3,(H,13,15). The highest BCUT2D eigenvalue weighted by Gasteiger charge is 2.05. The quantitative estimate of drug-likeness (QED) is 0.644. The first-order valence-electron chi connectivity index (χ1n) is 4.52. The van der Waals surface area contributed by atoms with E-state index >= 15 is 0 Å². The summed E-state index contributed by atoms with van der Waals surface area (Å²) in [6, 6.07) is 6.96. The zero-order valence-corrected chi connectivity index (χ0v) is 9.15. The maximum absolute atomic E-state index is 10.6. The molecule has 16 heavy (non-hydrogen) atoms. The first-order chi connectivity index (χ1) is 7.65. The molecular weight excluding hydrogens is 230 g/mol. The highest BCUT2D eigenvalue weighted by molar-refractivity contribution is 6.65. The highest BCUT2D eigenvalue weighted by Crippen LogP contribution is 2.18. The van der Waals surface area contributed by atoms with Crippen LogP contribution in [0.5, 0.6) is 0 Å². The summed E-state index contributed by atoms with van der Waals surface area (Å²) in [5, 5.41) is 5.61. The molecule has 1 aromatic carbocycles. The van der Waals surface area contributed by atoms with Crippen LogP contribution >= 0.6 is 11.6 Å². The van der Waals surface area contributed by atoms with E-state index in [4.69, 9.17) is 16.1 Å². The molecule has 6 heteroatoms. The van der Waals surface area contributed by atoms with Crippen molar-refractivity contribution in [3.05, 3.63) is 30.2 Å². The molecule has 2 rings (SSSR count). The molecule has 0 bridgehead atoms. The number of halogens is 1. The molecule has 0 saturated heterocycles. The molecule has 0 aliphatic carbocycles. The summed E-state index contributed by atoms with van der Waals surface area (Å²) < 4.78 is 4.86. The second kappa shape index (κ2) is 4.32. The minimum Gasteiger partial charge on any atom is -0.339 e. The van der Waals surface area contributed by atoms with Gasteiger partial charge in [-0.1, -0.05) is 5.16 Å². The van der Waals surface area contributed by atoms with Gasteiger partial charge in [0.1, 0.15) is 0 Å². The van der Waals surface area contributed by atoms with E-state index in [0.717, 1.165) is 5.56 Å². The summed E-state index contributed by atoms with van der Waals surface area (Å²) in [6.45, 7) is 1.72. The van der Waals surface area contributed by atoms with Crippen molar-refractivity contribution >= 4 is 22.7 Å². The zero-order valence-electron chi connectivity index (χ0n) is 8.40. The van der Waals surface area contributed by atoms with Gasteiger partial charge in [-0.25, -0.2) is 0 Å². The van der Waals surface area contributed by atoms with Crippen LogP contribution in [0.3, 0.4) is 0 Å². The van der Waals surface area contributed by atoms with Crippen molar-refractivity contribution in [2.45, 2.75) is 6.92 Å². The Morgan fingerprint density at radius 3 is 2.56 bits per heavy atom. The second-order valence-corrected chi connectivity index (χ2v) is 3.46. The lowest BCUT2D eigenvalue weighted by molar-refractivity contribution is 0.269. The number of aryl methyl sites for hydroxylation is 1. The lowest BCUT2D eigenvalue weighted by Crippen LogP contribution is -2.00. The van der Waals surface area contributed by atoms with Gasteiger partial charge in [-0.2, -0.15) is 4.98 Å². The van der Waals surface area contributed by atoms with Gasteiger partial charge in [-0.3, -0.25) is 4.79 Å². The fraction of sp³-hybridized carbons (Fsp3) is 0.100. The van der Waals surface area contributed by atoms with Crippen LogP contribution in [0.4, 0.5) is 10.5 Å². The first kappa shape index (κ1) is 10.6. The van der Waals surface area contributed by atoms with Crippen molar-refractivity contribution in [2.24, 2.45) is 0 Å². The number of nitrogens with zero attached hydrogens (tertiary/aromatic N) is 2. The Kier molecular flexibility index (Phi) is 2.87. The van der Waals surface area contributed by atoms with E-state index in [1.165, 1.54) is 0 Å². The van der Waals surface area contributed by atoms with Crippen LogP contribution in [-0.4, -0.2) is 15.5 Å². The van der Waals surface area contributed by atoms with Crippen LogP contribution in [0.25, 0.3) is 11.4 Å². The van der Waals surface area contributed by atoms with E-state index in [1.54, 1.807) is 31.2 Å². The predicted molar refractivity (Wildman–Crippen MR) is 59.3 cm³/mol. The van der Waals surface area contributed by atoms with E-state index in [-0.39, 0.29) is 0 Å². The molecule has 0 fully saturated rings. The Labute approximate surface area is 96.4 Å². The van der Waals surface area contributed by atoms with E-state index in [9.17, 15) is 4.79 Å². The molecule has 82 valence electrons. The smallest absolute Gasteiger partial charge is 0.318 e. The number of benzene rings is 1. The summed E-state index contributed by atoms with van der Waals surface area (Å²) in [7, 11) is 0. The van der Waals surface area contributed by atoms with Gasteiger partial charge in [0.2, 0.25) is 11.7 Å². The van der Waals surface area contributed by atoms with Gasteiger partial charge in [0.25, 0.3) is 0 Å². The van der Waals surface area contributed by atoms with E-state index < -0.39 is 5.37 Å². The van der Waals surface area contributed by atoms with Gasteiger partial charge in [0.15, 0.2) is 0 Å². The number of nitrogens with one attached hydrogen (secondary N) is 1. The number of hydrogen-bond donors (Lipinski definition) is 1. The summed E-state index contributed by atoms with van der Waals surface area (Å²) in [5.41, 5.74) is 1.42. The molecule has 1 N–H and O–H groups in total. The molecule has 1 aromatic heterocycles. The zero-order chi connectivity index (χ0) is 11.5. The number of rotatable bonds is 2. The molecule has 0 saturated carbocycles. The minimum absolute atomic E-state index is 0.508. The number of amides is 1. The molecule has 0 atom stereocenters. The van der Waals surface area contributed by atoms with Gasteiger partial charge in [0, 0.05) is 18.2 Å². The van der Waals surface area contributed by atoms with Crippen LogP contribution in [0.15, 0.2) is 28.8 Å². The van der Waals surface area contributed by atoms with Gasteiger partial charge in [-0.15, -0.1) is 0 Å². The lowest BCUT2D eigenvalue weighted by Gasteiger charge is -2.00. The molecular formula is C10H8ClN3O2. The average Bonchev–Trinajstić information content (AvgIpc) is 2.65. The van der Waals surface area contributed by atoms with Crippen LogP contribution in [0, 0.1) is 6.92 Å². The summed E-state index contributed by atoms with van der Waals surface area (Å²) in [6.07, 6.45) is 0. The van der Waals surface area contributed by atoms with Crippen LogP contribution in [-0.2, 0) is 0 Å². The molecule has 2 aromatic rings. The molecule has 5 nitrogen and oxygen atoms in total. The topological polar surface area (TPSA) is 68.0 Å². The summed E-state index contributed by atoms with van der Waals surface area (Å²) in [4.78, 5) is 14.7. The Morgan fingerprint density at radius 2 is 2.06 bits per heavy atom. The van der Waals surface area contributed by atoms with Gasteiger partial charge in [-0.05, 0) is 35.9 Å². The Balaban J connectivity index is 2.22. The van der Waals surface area contributed by atoms with Crippen LogP contribution in [0.2, 0.25) is 0 Å². The maximum atomic E-state index is 10.6. The predicted octanol–water partition coefficient (Wildman–Crippen LogP) is 2.82. The fourth-order valence-electron chi connectivity index (χ4n) is 1.23. The fourth-order valence-corrected chi connectivity index (χ4v) is 1.34. The highest BCUT2D eigenvalue weighted by atomic mass is 35.5. The Bertz CT molecular complexity index is 507. The van der Waals surface area contributed by atoms with Crippen molar-refractivity contribution in [3.8, 4) is 11.4 Å². The number of anilines is 1. The van der Waals surface area contributed by atoms with Crippen molar-refractivity contribution in [3.63, 3.8) is 0 Å². The van der Waals surface area contributed by atoms with E-state index in [2.05, 4.69) is 15.5 Å². The SMILES string of the molecule is Cc1nc(-c2ccc(NC(=O)Cl)cc2)no1. The normalized spacial score (nSPS) is 10.1. The third kappa shape index (κ3) is 2.38. The van der Waals surface area contributed by atoms with Crippen molar-refractivity contribution in [2.75, 3.05) is 5.32 Å². The van der Waals surface area contributed by atoms with Crippen LogP contribution in [0.1, 0.15) is 5.89 Å². The summed E-state index contributed by atoms with van der Waals surface area (Å²) >= 11 is 5.18. The number of aromatic nitrogens is 2. The number of carbonyl (C=O) groups is 1. The minimum atomic E-state index is -0.622. The summed E-state index contributed by atoms with van der Waals surface area (Å²) in [5.74, 6) is 1.02. The monoisotopic (exact) mass is 237 g/mol. The number of hydrogen-bond acceptors (Lipinski definition) is 4. The van der Waals surface area contributed by atoms with Crippen molar-refractivity contribution in [1.82, 2.24) is 10.1 Å². The molecule has 1 heterocycles. The first-order valence-corrected chi connectivity index (χ1v) is 4.90. The Hall–Kier alpha value is -1.88. The van der Waals surface area contributed by atoms with E-state index in [1.807, 2.05) is 0 Å². The van der Waals surface area contributed by atoms with Crippen molar-refractivity contribution < 1.29 is 9.32 Å². The van der Waals surface area contributed by atoms with Gasteiger partial charge >= 0.3 is 5.37 Å². The molecule has 0 aliphatic heterocycles. The van der Waals surface area contributed by atoms with Crippen molar-refractivity contribution in [1.29, 1.82) is 0 Å². The van der Waals surface area contributed by atoms with E-state index in [0.29, 0.717) is 17.4 Å². The van der Waals surface area contributed by atoms with Gasteiger partial charge in [0.05, 0.1) is 0 Å². The lowest BCUT2D eigenvalue weighted by atomic mass is 10.2. The van der Waals surface area contributed by atoms with Gasteiger partial charge < -0.3 is 9.84 Å². The molecule has 0 aliphatic rings. The Morgan fingerprint density at radius 1 is 1.38 bits per heavy atom. The maximum Gasteiger partial charge on any atom is 0.318 e.